The second kappa shape index (κ2) is 4.92. The van der Waals surface area contributed by atoms with Crippen LogP contribution in [0.4, 0.5) is 0 Å². The molecule has 108 valence electrons. The molecule has 0 unspecified atom stereocenters. The minimum atomic E-state index is -0.101. The van der Waals surface area contributed by atoms with Gasteiger partial charge < -0.3 is 14.3 Å². The SMILES string of the molecule is CC(=O)N1CCC2(CCCN2C(=O)c2ccno2)CC1. The van der Waals surface area contributed by atoms with Crippen LogP contribution in [0.15, 0.2) is 16.8 Å². The van der Waals surface area contributed by atoms with Crippen molar-refractivity contribution in [3.63, 3.8) is 0 Å². The highest BCUT2D eigenvalue weighted by Crippen LogP contribution is 2.39. The van der Waals surface area contributed by atoms with Crippen LogP contribution in [0.5, 0.6) is 0 Å². The lowest BCUT2D eigenvalue weighted by Gasteiger charge is -2.44. The van der Waals surface area contributed by atoms with E-state index in [1.165, 1.54) is 6.20 Å². The van der Waals surface area contributed by atoms with Gasteiger partial charge in [0.15, 0.2) is 0 Å². The summed E-state index contributed by atoms with van der Waals surface area (Å²) in [7, 11) is 0. The van der Waals surface area contributed by atoms with E-state index in [9.17, 15) is 9.59 Å². The third-order valence-corrected chi connectivity index (χ3v) is 4.63. The van der Waals surface area contributed by atoms with Crippen LogP contribution in [-0.2, 0) is 4.79 Å². The fourth-order valence-electron chi connectivity index (χ4n) is 3.47. The van der Waals surface area contributed by atoms with Gasteiger partial charge in [0.25, 0.3) is 5.91 Å². The van der Waals surface area contributed by atoms with Gasteiger partial charge in [-0.2, -0.15) is 0 Å². The third kappa shape index (κ3) is 2.09. The van der Waals surface area contributed by atoms with Crippen molar-refractivity contribution in [1.29, 1.82) is 0 Å². The molecule has 1 aromatic heterocycles. The molecule has 20 heavy (non-hydrogen) atoms. The van der Waals surface area contributed by atoms with Crippen LogP contribution in [0.1, 0.15) is 43.2 Å². The van der Waals surface area contributed by atoms with Crippen LogP contribution in [0.25, 0.3) is 0 Å². The van der Waals surface area contributed by atoms with E-state index in [-0.39, 0.29) is 17.4 Å². The van der Waals surface area contributed by atoms with Crippen molar-refractivity contribution in [1.82, 2.24) is 15.0 Å². The van der Waals surface area contributed by atoms with E-state index in [0.29, 0.717) is 5.76 Å². The molecule has 2 amide bonds. The molecule has 6 heteroatoms. The van der Waals surface area contributed by atoms with Crippen LogP contribution >= 0.6 is 0 Å². The molecule has 2 fully saturated rings. The van der Waals surface area contributed by atoms with Crippen LogP contribution in [0.2, 0.25) is 0 Å². The maximum atomic E-state index is 12.5. The Labute approximate surface area is 117 Å². The molecule has 0 saturated carbocycles. The lowest BCUT2D eigenvalue weighted by Crippen LogP contribution is -2.54. The lowest BCUT2D eigenvalue weighted by atomic mass is 9.84. The van der Waals surface area contributed by atoms with Crippen molar-refractivity contribution in [3.8, 4) is 0 Å². The number of aromatic nitrogens is 1. The Hall–Kier alpha value is -1.85. The van der Waals surface area contributed by atoms with E-state index in [1.54, 1.807) is 13.0 Å². The predicted octanol–water partition coefficient (Wildman–Crippen LogP) is 1.29. The molecule has 2 aliphatic rings. The quantitative estimate of drug-likeness (QED) is 0.776. The molecule has 0 radical (unpaired) electrons. The zero-order chi connectivity index (χ0) is 14.2. The van der Waals surface area contributed by atoms with Gasteiger partial charge in [-0.3, -0.25) is 9.59 Å². The number of hydrogen-bond acceptors (Lipinski definition) is 4. The maximum Gasteiger partial charge on any atom is 0.292 e. The third-order valence-electron chi connectivity index (χ3n) is 4.63. The number of carbonyl (C=O) groups excluding carboxylic acids is 2. The van der Waals surface area contributed by atoms with Crippen LogP contribution < -0.4 is 0 Å². The molecule has 2 saturated heterocycles. The van der Waals surface area contributed by atoms with Crippen molar-refractivity contribution in [2.45, 2.75) is 38.1 Å². The first-order chi connectivity index (χ1) is 9.62. The maximum absolute atomic E-state index is 12.5. The van der Waals surface area contributed by atoms with Crippen LogP contribution in [-0.4, -0.2) is 51.9 Å². The number of carbonyl (C=O) groups is 2. The van der Waals surface area contributed by atoms with E-state index in [2.05, 4.69) is 5.16 Å². The van der Waals surface area contributed by atoms with Gasteiger partial charge in [0.2, 0.25) is 11.7 Å². The molecule has 3 rings (SSSR count). The Kier molecular flexibility index (Phi) is 3.23. The highest BCUT2D eigenvalue weighted by atomic mass is 16.5. The topological polar surface area (TPSA) is 66.7 Å². The normalized spacial score (nSPS) is 21.4. The molecule has 3 heterocycles. The molecule has 2 aliphatic heterocycles. The number of likely N-dealkylation sites (tertiary alicyclic amines) is 2. The fraction of sp³-hybridized carbons (Fsp3) is 0.643. The van der Waals surface area contributed by atoms with Crippen molar-refractivity contribution in [2.75, 3.05) is 19.6 Å². The van der Waals surface area contributed by atoms with Gasteiger partial charge in [-0.15, -0.1) is 0 Å². The van der Waals surface area contributed by atoms with E-state index < -0.39 is 0 Å². The summed E-state index contributed by atoms with van der Waals surface area (Å²) >= 11 is 0. The number of nitrogens with zero attached hydrogens (tertiary/aromatic N) is 3. The average molecular weight is 277 g/mol. The number of rotatable bonds is 1. The van der Waals surface area contributed by atoms with E-state index >= 15 is 0 Å². The van der Waals surface area contributed by atoms with Gasteiger partial charge in [0, 0.05) is 38.2 Å². The van der Waals surface area contributed by atoms with Crippen LogP contribution in [0, 0.1) is 0 Å². The zero-order valence-electron chi connectivity index (χ0n) is 11.7. The Morgan fingerprint density at radius 1 is 1.25 bits per heavy atom. The Balaban J connectivity index is 1.76. The molecule has 0 bridgehead atoms. The Bertz CT molecular complexity index is 504. The van der Waals surface area contributed by atoms with E-state index in [4.69, 9.17) is 4.52 Å². The Morgan fingerprint density at radius 3 is 2.60 bits per heavy atom. The zero-order valence-corrected chi connectivity index (χ0v) is 11.7. The van der Waals surface area contributed by atoms with E-state index in [0.717, 1.165) is 45.3 Å². The van der Waals surface area contributed by atoms with Gasteiger partial charge in [-0.1, -0.05) is 5.16 Å². The Morgan fingerprint density at radius 2 is 2.00 bits per heavy atom. The summed E-state index contributed by atoms with van der Waals surface area (Å²) in [6, 6.07) is 1.61. The number of amides is 2. The van der Waals surface area contributed by atoms with E-state index in [1.807, 2.05) is 9.80 Å². The monoisotopic (exact) mass is 277 g/mol. The van der Waals surface area contributed by atoms with Gasteiger partial charge in [-0.25, -0.2) is 0 Å². The number of hydrogen-bond donors (Lipinski definition) is 0. The summed E-state index contributed by atoms with van der Waals surface area (Å²) in [6.45, 7) is 3.83. The summed E-state index contributed by atoms with van der Waals surface area (Å²) < 4.78 is 5.00. The van der Waals surface area contributed by atoms with Gasteiger partial charge in [-0.05, 0) is 25.7 Å². The lowest BCUT2D eigenvalue weighted by molar-refractivity contribution is -0.131. The second-order valence-electron chi connectivity index (χ2n) is 5.67. The standard InChI is InChI=1S/C14H19N3O3/c1-11(18)16-9-5-14(6-10-16)4-2-8-17(14)13(19)12-3-7-15-20-12/h3,7H,2,4-6,8-10H2,1H3. The van der Waals surface area contributed by atoms with Gasteiger partial charge in [0.05, 0.1) is 6.20 Å². The van der Waals surface area contributed by atoms with Crippen molar-refractivity contribution in [2.24, 2.45) is 0 Å². The smallest absolute Gasteiger partial charge is 0.292 e. The van der Waals surface area contributed by atoms with Crippen LogP contribution in [0.3, 0.4) is 0 Å². The predicted molar refractivity (Wildman–Crippen MR) is 71.0 cm³/mol. The largest absolute Gasteiger partial charge is 0.351 e. The molecule has 1 spiro atoms. The molecule has 0 aliphatic carbocycles. The fourth-order valence-corrected chi connectivity index (χ4v) is 3.47. The molecular weight excluding hydrogens is 258 g/mol. The highest BCUT2D eigenvalue weighted by molar-refractivity contribution is 5.92. The van der Waals surface area contributed by atoms with Crippen molar-refractivity contribution in [3.05, 3.63) is 18.0 Å². The molecular formula is C14H19N3O3. The summed E-state index contributed by atoms with van der Waals surface area (Å²) in [5.41, 5.74) is -0.101. The number of piperidine rings is 1. The minimum Gasteiger partial charge on any atom is -0.351 e. The highest BCUT2D eigenvalue weighted by Gasteiger charge is 2.46. The summed E-state index contributed by atoms with van der Waals surface area (Å²) in [6.07, 6.45) is 5.23. The average Bonchev–Trinajstić information content (AvgIpc) is 3.08. The summed E-state index contributed by atoms with van der Waals surface area (Å²) in [5.74, 6) is 0.350. The minimum absolute atomic E-state index is 0.0729. The summed E-state index contributed by atoms with van der Waals surface area (Å²) in [5, 5.41) is 3.61. The molecule has 0 N–H and O–H groups in total. The molecule has 0 aromatic carbocycles. The first-order valence-corrected chi connectivity index (χ1v) is 7.11. The first kappa shape index (κ1) is 13.1. The second-order valence-corrected chi connectivity index (χ2v) is 5.67. The molecule has 6 nitrogen and oxygen atoms in total. The van der Waals surface area contributed by atoms with Crippen molar-refractivity contribution >= 4 is 11.8 Å². The molecule has 1 aromatic rings. The molecule has 0 atom stereocenters. The summed E-state index contributed by atoms with van der Waals surface area (Å²) in [4.78, 5) is 27.7. The van der Waals surface area contributed by atoms with Gasteiger partial charge >= 0.3 is 0 Å². The first-order valence-electron chi connectivity index (χ1n) is 7.11. The van der Waals surface area contributed by atoms with Crippen molar-refractivity contribution < 1.29 is 14.1 Å². The van der Waals surface area contributed by atoms with Gasteiger partial charge in [0.1, 0.15) is 0 Å².